The number of ether oxygens (including phenoxy) is 1. The van der Waals surface area contributed by atoms with E-state index in [1.807, 2.05) is 68.4 Å². The summed E-state index contributed by atoms with van der Waals surface area (Å²) in [5, 5.41) is 16.1. The molecule has 1 fully saturated rings. The molecule has 10 heteroatoms. The smallest absolute Gasteiger partial charge is 0.265 e. The van der Waals surface area contributed by atoms with Gasteiger partial charge in [-0.15, -0.1) is 0 Å². The van der Waals surface area contributed by atoms with Crippen LogP contribution in [0.5, 0.6) is 5.88 Å². The van der Waals surface area contributed by atoms with Crippen molar-refractivity contribution in [2.75, 3.05) is 14.1 Å². The minimum Gasteiger partial charge on any atom is -0.507 e. The molecule has 0 amide bonds. The highest BCUT2D eigenvalue weighted by Crippen LogP contribution is 2.58. The molecule has 2 aromatic carbocycles. The monoisotopic (exact) mass is 705 g/mol. The first-order chi connectivity index (χ1) is 24.1. The summed E-state index contributed by atoms with van der Waals surface area (Å²) in [5.41, 5.74) is 4.22. The lowest BCUT2D eigenvalue weighted by molar-refractivity contribution is -0.140. The Bertz CT molecular complexity index is 2030. The van der Waals surface area contributed by atoms with Crippen molar-refractivity contribution in [2.45, 2.75) is 83.3 Å². The second-order valence-corrected chi connectivity index (χ2v) is 20.9. The van der Waals surface area contributed by atoms with Crippen LogP contribution in [0.1, 0.15) is 82.7 Å². The Morgan fingerprint density at radius 3 is 2.35 bits per heavy atom. The Kier molecular flexibility index (Phi) is 8.71. The average Bonchev–Trinajstić information content (AvgIpc) is 3.48. The topological polar surface area (TPSA) is 115 Å². The molecule has 1 saturated carbocycles. The average molecular weight is 706 g/mol. The Hall–Kier alpha value is -4.38. The quantitative estimate of drug-likeness (QED) is 0.145. The van der Waals surface area contributed by atoms with Crippen LogP contribution in [0, 0.1) is 18.8 Å². The lowest BCUT2D eigenvalue weighted by Gasteiger charge is -2.55. The van der Waals surface area contributed by atoms with Crippen LogP contribution >= 0.6 is 0 Å². The summed E-state index contributed by atoms with van der Waals surface area (Å²) < 4.78 is 19.4. The van der Waals surface area contributed by atoms with Crippen molar-refractivity contribution in [3.63, 3.8) is 0 Å². The first-order valence-electron chi connectivity index (χ1n) is 17.7. The van der Waals surface area contributed by atoms with Gasteiger partial charge < -0.3 is 18.8 Å². The maximum absolute atomic E-state index is 15.5. The van der Waals surface area contributed by atoms with Gasteiger partial charge in [-0.25, -0.2) is 0 Å². The third kappa shape index (κ3) is 5.77. The molecule has 0 aliphatic heterocycles. The lowest BCUT2D eigenvalue weighted by Crippen LogP contribution is -2.68. The Labute approximate surface area is 300 Å². The number of ketones is 2. The number of carbonyl (C=O) groups is 2. The molecule has 0 radical (unpaired) electrons. The van der Waals surface area contributed by atoms with Gasteiger partial charge in [0.1, 0.15) is 17.9 Å². The van der Waals surface area contributed by atoms with Gasteiger partial charge in [0.25, 0.3) is 5.88 Å². The highest BCUT2D eigenvalue weighted by Gasteiger charge is 2.68. The summed E-state index contributed by atoms with van der Waals surface area (Å²) in [5.74, 6) is -1.53. The van der Waals surface area contributed by atoms with E-state index >= 15 is 9.59 Å². The van der Waals surface area contributed by atoms with Crippen molar-refractivity contribution in [3.05, 3.63) is 117 Å². The van der Waals surface area contributed by atoms with Crippen molar-refractivity contribution in [2.24, 2.45) is 11.8 Å². The summed E-state index contributed by atoms with van der Waals surface area (Å²) in [6, 6.07) is 17.3. The molecular weight excluding hydrogens is 659 g/mol. The van der Waals surface area contributed by atoms with Gasteiger partial charge in [-0.2, -0.15) is 0 Å². The zero-order chi connectivity index (χ0) is 36.5. The van der Waals surface area contributed by atoms with Crippen molar-refractivity contribution < 1.29 is 28.4 Å². The molecule has 0 spiro atoms. The number of nitrogens with zero attached hydrogens (tertiary/aromatic N) is 3. The van der Waals surface area contributed by atoms with E-state index in [1.54, 1.807) is 12.4 Å². The number of aryl methyl sites for hydroxylation is 1. The van der Waals surface area contributed by atoms with Gasteiger partial charge in [-0.1, -0.05) is 63.2 Å². The summed E-state index contributed by atoms with van der Waals surface area (Å²) in [7, 11) is 1.03. The molecule has 0 bridgehead atoms. The van der Waals surface area contributed by atoms with Crippen LogP contribution in [-0.4, -0.2) is 59.7 Å². The maximum Gasteiger partial charge on any atom is 0.265 e. The van der Waals surface area contributed by atoms with E-state index in [0.29, 0.717) is 24.2 Å². The van der Waals surface area contributed by atoms with Crippen molar-refractivity contribution in [1.29, 1.82) is 0 Å². The molecule has 2 heterocycles. The molecule has 51 heavy (non-hydrogen) atoms. The fraction of sp³-hybridized carbons (Fsp3) is 0.415. The van der Waals surface area contributed by atoms with Crippen molar-refractivity contribution in [1.82, 2.24) is 15.0 Å². The Morgan fingerprint density at radius 1 is 0.980 bits per heavy atom. The zero-order valence-corrected chi connectivity index (χ0v) is 31.7. The van der Waals surface area contributed by atoms with Crippen LogP contribution < -0.4 is 4.74 Å². The van der Waals surface area contributed by atoms with Crippen molar-refractivity contribution >= 4 is 25.6 Å². The van der Waals surface area contributed by atoms with Crippen LogP contribution in [0.15, 0.2) is 77.1 Å². The number of hydrogen-bond acceptors (Lipinski definition) is 9. The predicted molar refractivity (Wildman–Crippen MR) is 197 cm³/mol. The Morgan fingerprint density at radius 2 is 1.69 bits per heavy atom. The molecule has 4 atom stereocenters. The fourth-order valence-electron chi connectivity index (χ4n) is 8.14. The number of Topliss-reactive ketones (excluding diaryl/α,β-unsaturated/α-hetero) is 2. The third-order valence-corrected chi connectivity index (χ3v) is 16.0. The predicted octanol–water partition coefficient (Wildman–Crippen LogP) is 7.84. The first kappa shape index (κ1) is 35.0. The number of carbonyl (C=O) groups excluding carboxylic acids is 2. The first-order valence-corrected chi connectivity index (χ1v) is 20.6. The summed E-state index contributed by atoms with van der Waals surface area (Å²) in [4.78, 5) is 37.0. The standard InChI is InChI=1S/C41H47N3O6Si/c1-24-18-27(19-25-14-16-42-17-15-25)20-28-21-29-22-30-34(44(5)6)36-33(39(43-49-36)48-23-26-12-10-9-11-13-26)38(47)41(30,50-51(7,8)40(2,3)4)37(46)32(29)35(45)31(24)28/h9-18,20,29-30,34,45H,19,21-23H2,1-8H3/t29-,30-,34-,41-/m0/s1. The second-order valence-electron chi connectivity index (χ2n) is 16.2. The summed E-state index contributed by atoms with van der Waals surface area (Å²) in [6.45, 7) is 12.5. The third-order valence-electron chi connectivity index (χ3n) is 11.5. The number of fused-ring (bicyclic) bond motifs is 4. The number of aromatic nitrogens is 2. The van der Waals surface area contributed by atoms with Crippen LogP contribution in [0.2, 0.25) is 18.1 Å². The number of rotatable bonds is 8. The van der Waals surface area contributed by atoms with Crippen molar-refractivity contribution in [3.8, 4) is 5.88 Å². The largest absolute Gasteiger partial charge is 0.507 e. The van der Waals surface area contributed by atoms with Gasteiger partial charge >= 0.3 is 0 Å². The number of hydrogen-bond donors (Lipinski definition) is 1. The highest BCUT2D eigenvalue weighted by atomic mass is 28.4. The lowest BCUT2D eigenvalue weighted by atomic mass is 9.57. The molecule has 0 saturated heterocycles. The maximum atomic E-state index is 15.5. The minimum absolute atomic E-state index is 0.0436. The van der Waals surface area contributed by atoms with Crippen LogP contribution in [0.4, 0.5) is 0 Å². The van der Waals surface area contributed by atoms with Gasteiger partial charge in [-0.05, 0) is 109 Å². The van der Waals surface area contributed by atoms with Crippen LogP contribution in [0.25, 0.3) is 5.76 Å². The van der Waals surface area contributed by atoms with E-state index in [9.17, 15) is 5.11 Å². The normalized spacial score (nSPS) is 23.1. The van der Waals surface area contributed by atoms with E-state index in [4.69, 9.17) is 13.7 Å². The second kappa shape index (κ2) is 12.7. The summed E-state index contributed by atoms with van der Waals surface area (Å²) in [6.07, 6.45) is 5.29. The fourth-order valence-corrected chi connectivity index (χ4v) is 9.59. The minimum atomic E-state index is -2.81. The van der Waals surface area contributed by atoms with Gasteiger partial charge in [0.2, 0.25) is 11.6 Å². The van der Waals surface area contributed by atoms with Gasteiger partial charge in [0.05, 0.1) is 6.04 Å². The molecular formula is C41H47N3O6Si. The molecule has 3 aliphatic rings. The number of aliphatic hydroxyl groups excluding tert-OH is 1. The molecule has 266 valence electrons. The SMILES string of the molecule is Cc1cc(Cc2ccncc2)cc2c1C(O)=C1C(=O)[C@]3(O[Si](C)(C)C(C)(C)C)C(=O)c4c(OCc5ccccc5)noc4[C@@H](N(C)C)[C@@H]3C[C@@H]1C2. The number of pyridine rings is 1. The molecule has 3 aliphatic carbocycles. The highest BCUT2D eigenvalue weighted by molar-refractivity contribution is 6.74. The molecule has 9 nitrogen and oxygen atoms in total. The molecule has 2 aromatic heterocycles. The van der Waals surface area contributed by atoms with E-state index in [0.717, 1.165) is 34.2 Å². The zero-order valence-electron chi connectivity index (χ0n) is 30.7. The van der Waals surface area contributed by atoms with Gasteiger partial charge in [-0.3, -0.25) is 19.5 Å². The molecule has 4 aromatic rings. The van der Waals surface area contributed by atoms with E-state index in [2.05, 4.69) is 56.1 Å². The summed E-state index contributed by atoms with van der Waals surface area (Å²) >= 11 is 0. The number of aliphatic hydroxyl groups is 1. The van der Waals surface area contributed by atoms with Gasteiger partial charge in [0, 0.05) is 29.4 Å². The molecule has 7 rings (SSSR count). The van der Waals surface area contributed by atoms with Crippen LogP contribution in [0.3, 0.4) is 0 Å². The van der Waals surface area contributed by atoms with Gasteiger partial charge in [0.15, 0.2) is 19.7 Å². The van der Waals surface area contributed by atoms with E-state index in [-0.39, 0.29) is 40.3 Å². The van der Waals surface area contributed by atoms with Crippen LogP contribution in [-0.2, 0) is 28.7 Å². The molecule has 0 unspecified atom stereocenters. The van der Waals surface area contributed by atoms with E-state index in [1.165, 1.54) is 0 Å². The molecule has 1 N–H and O–H groups in total. The van der Waals surface area contributed by atoms with E-state index < -0.39 is 37.4 Å². The number of benzene rings is 2. The Balaban J connectivity index is 1.38.